The van der Waals surface area contributed by atoms with Crippen LogP contribution in [0.3, 0.4) is 0 Å². The third kappa shape index (κ3) is 4.68. The van der Waals surface area contributed by atoms with Crippen LogP contribution >= 0.6 is 11.3 Å². The van der Waals surface area contributed by atoms with Crippen LogP contribution in [-0.4, -0.2) is 26.8 Å². The molecule has 3 aromatic heterocycles. The average Bonchev–Trinajstić information content (AvgIpc) is 3.45. The molecule has 2 N–H and O–H groups in total. The molecular weight excluding hydrogens is 420 g/mol. The Hall–Kier alpha value is -3.58. The lowest BCUT2D eigenvalue weighted by molar-refractivity contribution is 0.373. The fourth-order valence-corrected chi connectivity index (χ4v) is 4.19. The summed E-state index contributed by atoms with van der Waals surface area (Å²) in [5.74, 6) is 1.15. The summed E-state index contributed by atoms with van der Waals surface area (Å²) in [6, 6.07) is 19.4. The Morgan fingerprint density at radius 3 is 2.47 bits per heavy atom. The van der Waals surface area contributed by atoms with Crippen LogP contribution in [0.25, 0.3) is 26.3 Å². The second kappa shape index (κ2) is 10.6. The molecule has 0 aliphatic heterocycles. The molecule has 0 bridgehead atoms. The summed E-state index contributed by atoms with van der Waals surface area (Å²) in [5.41, 5.74) is 2.43. The van der Waals surface area contributed by atoms with Gasteiger partial charge in [0.2, 0.25) is 0 Å². The Balaban J connectivity index is 0.000000686. The van der Waals surface area contributed by atoms with Gasteiger partial charge in [0, 0.05) is 16.5 Å². The second-order valence-electron chi connectivity index (χ2n) is 6.29. The number of benzene rings is 2. The van der Waals surface area contributed by atoms with Gasteiger partial charge < -0.3 is 15.2 Å². The first-order chi connectivity index (χ1) is 15.7. The van der Waals surface area contributed by atoms with Crippen molar-refractivity contribution in [2.24, 2.45) is 0 Å². The Morgan fingerprint density at radius 2 is 1.75 bits per heavy atom. The molecule has 0 aliphatic carbocycles. The minimum atomic E-state index is 0.0715. The maximum atomic E-state index is 9.97. The van der Waals surface area contributed by atoms with Gasteiger partial charge in [0.25, 0.3) is 0 Å². The van der Waals surface area contributed by atoms with Crippen molar-refractivity contribution in [2.45, 2.75) is 27.7 Å². The number of hydrogen-bond donors (Lipinski definition) is 2. The number of aromatic nitrogens is 3. The second-order valence-corrected chi connectivity index (χ2v) is 7.38. The van der Waals surface area contributed by atoms with Gasteiger partial charge in [0.05, 0.1) is 18.2 Å². The zero-order chi connectivity index (χ0) is 23.1. The van der Waals surface area contributed by atoms with E-state index in [-0.39, 0.29) is 5.75 Å². The lowest BCUT2D eigenvalue weighted by Gasteiger charge is -2.09. The van der Waals surface area contributed by atoms with Gasteiger partial charge in [-0.1, -0.05) is 45.9 Å². The maximum absolute atomic E-state index is 9.97. The summed E-state index contributed by atoms with van der Waals surface area (Å²) >= 11 is 1.72. The van der Waals surface area contributed by atoms with Crippen LogP contribution < -0.4 is 10.1 Å². The highest BCUT2D eigenvalue weighted by Gasteiger charge is 2.12. The normalized spacial score (nSPS) is 10.2. The Labute approximate surface area is 192 Å². The number of ether oxygens (including phenoxy) is 1. The van der Waals surface area contributed by atoms with Gasteiger partial charge >= 0.3 is 0 Å². The van der Waals surface area contributed by atoms with E-state index in [1.54, 1.807) is 23.5 Å². The number of methoxy groups -OCH3 is 1. The highest BCUT2D eigenvalue weighted by molar-refractivity contribution is 7.22. The number of nitrogens with zero attached hydrogens (tertiary/aromatic N) is 3. The molecule has 0 spiro atoms. The smallest absolute Gasteiger partial charge is 0.160 e. The Kier molecular flexibility index (Phi) is 7.68. The summed E-state index contributed by atoms with van der Waals surface area (Å²) in [6.07, 6.45) is 1.84. The van der Waals surface area contributed by atoms with E-state index >= 15 is 0 Å². The highest BCUT2D eigenvalue weighted by Crippen LogP contribution is 2.34. The van der Waals surface area contributed by atoms with Crippen molar-refractivity contribution >= 4 is 38.6 Å². The van der Waals surface area contributed by atoms with Crippen molar-refractivity contribution in [2.75, 3.05) is 12.4 Å². The van der Waals surface area contributed by atoms with Crippen LogP contribution in [0.4, 0.5) is 11.5 Å². The largest absolute Gasteiger partial charge is 0.504 e. The van der Waals surface area contributed by atoms with E-state index in [1.165, 1.54) is 17.2 Å². The molecule has 32 heavy (non-hydrogen) atoms. The summed E-state index contributed by atoms with van der Waals surface area (Å²) in [6.45, 7) is 8.00. The number of fused-ring (bicyclic) bond motifs is 2. The summed E-state index contributed by atoms with van der Waals surface area (Å²) in [4.78, 5) is 5.58. The molecule has 3 heterocycles. The van der Waals surface area contributed by atoms with Gasteiger partial charge in [-0.2, -0.15) is 0 Å². The fraction of sp³-hybridized carbons (Fsp3) is 0.200. The van der Waals surface area contributed by atoms with Gasteiger partial charge in [-0.05, 0) is 41.8 Å². The maximum Gasteiger partial charge on any atom is 0.160 e. The molecule has 5 aromatic rings. The number of hydrogen-bond acceptors (Lipinski definition) is 6. The lowest BCUT2D eigenvalue weighted by Crippen LogP contribution is -2.00. The zero-order valence-electron chi connectivity index (χ0n) is 19.0. The first-order valence-corrected chi connectivity index (χ1v) is 11.5. The molecule has 0 radical (unpaired) electrons. The molecular formula is C25H28N4O2S. The first-order valence-electron chi connectivity index (χ1n) is 10.7. The van der Waals surface area contributed by atoms with Crippen molar-refractivity contribution in [1.82, 2.24) is 14.6 Å². The van der Waals surface area contributed by atoms with Gasteiger partial charge in [-0.3, -0.25) is 0 Å². The van der Waals surface area contributed by atoms with E-state index in [4.69, 9.17) is 4.74 Å². The predicted molar refractivity (Wildman–Crippen MR) is 134 cm³/mol. The third-order valence-corrected chi connectivity index (χ3v) is 5.63. The molecule has 0 aliphatic rings. The minimum Gasteiger partial charge on any atom is -0.504 e. The average molecular weight is 449 g/mol. The van der Waals surface area contributed by atoms with Crippen LogP contribution in [0.15, 0.2) is 66.9 Å². The SMILES string of the molecule is CC.CC.COc1ccc(Nc2ccc3ncc(-c4cc5ccccc5s4)n3n2)cc1O. The minimum absolute atomic E-state index is 0.0715. The monoisotopic (exact) mass is 448 g/mol. The third-order valence-electron chi connectivity index (χ3n) is 4.49. The molecule has 0 saturated heterocycles. The van der Waals surface area contributed by atoms with Crippen LogP contribution in [0.1, 0.15) is 27.7 Å². The summed E-state index contributed by atoms with van der Waals surface area (Å²) in [7, 11) is 1.52. The van der Waals surface area contributed by atoms with Crippen molar-refractivity contribution in [3.8, 4) is 22.1 Å². The molecule has 0 fully saturated rings. The molecule has 0 saturated carbocycles. The van der Waals surface area contributed by atoms with Gasteiger partial charge in [0.1, 0.15) is 5.69 Å². The number of rotatable bonds is 4. The standard InChI is InChI=1S/C21H16N4O2S.2C2H6/c1-27-17-7-6-14(11-16(17)26)23-20-8-9-21-22-12-15(25(21)24-20)19-10-13-4-2-3-5-18(13)28-19;2*1-2/h2-12,26H,1H3,(H,23,24);2*1-2H3. The van der Waals surface area contributed by atoms with E-state index in [1.807, 2.05) is 68.7 Å². The highest BCUT2D eigenvalue weighted by atomic mass is 32.1. The molecule has 0 unspecified atom stereocenters. The molecule has 5 rings (SSSR count). The van der Waals surface area contributed by atoms with E-state index in [0.717, 1.165) is 16.2 Å². The Morgan fingerprint density at radius 1 is 0.969 bits per heavy atom. The van der Waals surface area contributed by atoms with Gasteiger partial charge in [0.15, 0.2) is 23.0 Å². The predicted octanol–water partition coefficient (Wildman–Crippen LogP) is 7.12. The number of thiophene rings is 1. The van der Waals surface area contributed by atoms with Crippen LogP contribution in [-0.2, 0) is 0 Å². The van der Waals surface area contributed by atoms with Crippen molar-refractivity contribution in [3.05, 3.63) is 66.9 Å². The van der Waals surface area contributed by atoms with E-state index in [2.05, 4.69) is 33.6 Å². The van der Waals surface area contributed by atoms with Gasteiger partial charge in [-0.15, -0.1) is 16.4 Å². The van der Waals surface area contributed by atoms with E-state index < -0.39 is 0 Å². The number of phenols is 1. The first kappa shape index (κ1) is 23.1. The number of nitrogens with one attached hydrogen (secondary N) is 1. The van der Waals surface area contributed by atoms with E-state index in [9.17, 15) is 5.11 Å². The molecule has 166 valence electrons. The van der Waals surface area contributed by atoms with E-state index in [0.29, 0.717) is 17.3 Å². The number of imidazole rings is 1. The zero-order valence-corrected chi connectivity index (χ0v) is 19.8. The lowest BCUT2D eigenvalue weighted by atomic mass is 10.2. The van der Waals surface area contributed by atoms with Crippen molar-refractivity contribution < 1.29 is 9.84 Å². The Bertz CT molecular complexity index is 1280. The fourth-order valence-electron chi connectivity index (χ4n) is 3.13. The number of aromatic hydroxyl groups is 1. The quantitative estimate of drug-likeness (QED) is 0.306. The van der Waals surface area contributed by atoms with Crippen molar-refractivity contribution in [3.63, 3.8) is 0 Å². The molecule has 6 nitrogen and oxygen atoms in total. The topological polar surface area (TPSA) is 71.7 Å². The number of anilines is 2. The molecule has 0 atom stereocenters. The molecule has 0 amide bonds. The van der Waals surface area contributed by atoms with Gasteiger partial charge in [-0.25, -0.2) is 9.50 Å². The molecule has 2 aromatic carbocycles. The molecule has 7 heteroatoms. The summed E-state index contributed by atoms with van der Waals surface area (Å²) in [5, 5.41) is 19.1. The van der Waals surface area contributed by atoms with Crippen LogP contribution in [0.5, 0.6) is 11.5 Å². The van der Waals surface area contributed by atoms with Crippen LogP contribution in [0.2, 0.25) is 0 Å². The number of phenolic OH excluding ortho intramolecular Hbond substituents is 1. The van der Waals surface area contributed by atoms with Crippen LogP contribution in [0, 0.1) is 0 Å². The van der Waals surface area contributed by atoms with Crippen molar-refractivity contribution in [1.29, 1.82) is 0 Å². The summed E-state index contributed by atoms with van der Waals surface area (Å²) < 4.78 is 8.14.